The van der Waals surface area contributed by atoms with Crippen LogP contribution in [-0.2, 0) is 6.54 Å². The molecule has 0 spiro atoms. The molecule has 0 bridgehead atoms. The lowest BCUT2D eigenvalue weighted by atomic mass is 9.68. The van der Waals surface area contributed by atoms with Crippen molar-refractivity contribution in [1.29, 1.82) is 0 Å². The first-order valence-corrected chi connectivity index (χ1v) is 13.7. The number of piperazine rings is 1. The zero-order valence-corrected chi connectivity index (χ0v) is 22.7. The van der Waals surface area contributed by atoms with Crippen molar-refractivity contribution in [2.45, 2.75) is 71.1 Å². The minimum atomic E-state index is -0.869. The number of benzene rings is 1. The van der Waals surface area contributed by atoms with E-state index in [1.54, 1.807) is 6.20 Å². The first kappa shape index (κ1) is 26.7. The number of hydrogen-bond acceptors (Lipinski definition) is 7. The minimum Gasteiger partial charge on any atom is -0.390 e. The van der Waals surface area contributed by atoms with Gasteiger partial charge in [0.2, 0.25) is 0 Å². The van der Waals surface area contributed by atoms with Gasteiger partial charge >= 0.3 is 0 Å². The number of fused-ring (bicyclic) bond motifs is 1. The summed E-state index contributed by atoms with van der Waals surface area (Å²) in [6.45, 7) is 11.0. The van der Waals surface area contributed by atoms with Crippen molar-refractivity contribution >= 4 is 22.7 Å². The zero-order valence-electron chi connectivity index (χ0n) is 22.7. The summed E-state index contributed by atoms with van der Waals surface area (Å²) in [4.78, 5) is 19.0. The molecule has 1 aromatic carbocycles. The molecule has 0 radical (unpaired) electrons. The average molecular weight is 525 g/mol. The highest BCUT2D eigenvalue weighted by atomic mass is 19.1. The second kappa shape index (κ2) is 10.7. The topological polar surface area (TPSA) is 77.4 Å². The van der Waals surface area contributed by atoms with Gasteiger partial charge in [0.15, 0.2) is 11.6 Å². The zero-order chi connectivity index (χ0) is 27.0. The maximum atomic E-state index is 14.1. The van der Waals surface area contributed by atoms with E-state index in [1.165, 1.54) is 18.6 Å². The van der Waals surface area contributed by atoms with Crippen LogP contribution in [0.25, 0.3) is 11.0 Å². The maximum absolute atomic E-state index is 14.1. The standard InChI is InChI=1S/C29H38F2N6O/c1-18(2)33-27-28(37-12-10-36(11-13-37)17-20-14-21(30)8-9-22(20)31)35-25-16-32-24(15-23(25)34-27)26(29(3,4)38)19-6-5-7-19/h8-9,14-16,18-19,26,38H,5-7,10-13,17H2,1-4H3,(H,33,34). The fraction of sp³-hybridized carbons (Fsp3) is 0.552. The fourth-order valence-corrected chi connectivity index (χ4v) is 5.70. The van der Waals surface area contributed by atoms with E-state index in [1.807, 2.05) is 19.9 Å². The number of aliphatic hydroxyl groups is 1. The first-order valence-electron chi connectivity index (χ1n) is 13.7. The molecule has 38 heavy (non-hydrogen) atoms. The Morgan fingerprint density at radius 3 is 2.42 bits per heavy atom. The molecule has 3 heterocycles. The molecule has 7 nitrogen and oxygen atoms in total. The smallest absolute Gasteiger partial charge is 0.172 e. The van der Waals surface area contributed by atoms with E-state index in [-0.39, 0.29) is 17.8 Å². The highest BCUT2D eigenvalue weighted by Gasteiger charge is 2.39. The van der Waals surface area contributed by atoms with Gasteiger partial charge in [-0.2, -0.15) is 0 Å². The summed E-state index contributed by atoms with van der Waals surface area (Å²) in [5.41, 5.74) is 1.84. The highest BCUT2D eigenvalue weighted by Crippen LogP contribution is 2.45. The SMILES string of the molecule is CC(C)Nc1nc2cc(C(C3CCC3)C(C)(C)O)ncc2nc1N1CCN(Cc2cc(F)ccc2F)CC1. The quantitative estimate of drug-likeness (QED) is 0.425. The lowest BCUT2D eigenvalue weighted by molar-refractivity contribution is 0.00871. The van der Waals surface area contributed by atoms with Crippen LogP contribution in [0, 0.1) is 17.6 Å². The van der Waals surface area contributed by atoms with Crippen LogP contribution in [0.5, 0.6) is 0 Å². The third-order valence-corrected chi connectivity index (χ3v) is 7.75. The molecule has 204 valence electrons. The third kappa shape index (κ3) is 5.73. The number of anilines is 2. The number of hydrogen-bond donors (Lipinski definition) is 2. The van der Waals surface area contributed by atoms with Crippen molar-refractivity contribution in [1.82, 2.24) is 19.9 Å². The van der Waals surface area contributed by atoms with E-state index in [0.717, 1.165) is 41.8 Å². The summed E-state index contributed by atoms with van der Waals surface area (Å²) in [6.07, 6.45) is 5.19. The Hall–Kier alpha value is -2.91. The van der Waals surface area contributed by atoms with Crippen LogP contribution in [0.2, 0.25) is 0 Å². The Balaban J connectivity index is 1.39. The van der Waals surface area contributed by atoms with E-state index < -0.39 is 11.4 Å². The molecule has 2 N–H and O–H groups in total. The van der Waals surface area contributed by atoms with Crippen LogP contribution in [0.1, 0.15) is 64.1 Å². The molecule has 2 aromatic heterocycles. The van der Waals surface area contributed by atoms with Gasteiger partial charge in [0, 0.05) is 55.9 Å². The van der Waals surface area contributed by atoms with Crippen molar-refractivity contribution in [2.24, 2.45) is 5.92 Å². The molecular weight excluding hydrogens is 486 g/mol. The molecule has 5 rings (SSSR count). The molecule has 1 saturated carbocycles. The maximum Gasteiger partial charge on any atom is 0.172 e. The number of nitrogens with one attached hydrogen (secondary N) is 1. The first-order chi connectivity index (χ1) is 18.1. The minimum absolute atomic E-state index is 0.0420. The number of halogens is 2. The Kier molecular flexibility index (Phi) is 7.51. The van der Waals surface area contributed by atoms with Gasteiger partial charge in [-0.05, 0) is 70.7 Å². The van der Waals surface area contributed by atoms with Crippen LogP contribution in [0.3, 0.4) is 0 Å². The highest BCUT2D eigenvalue weighted by molar-refractivity contribution is 5.80. The van der Waals surface area contributed by atoms with Crippen LogP contribution in [0.4, 0.5) is 20.4 Å². The number of nitrogens with zero attached hydrogens (tertiary/aromatic N) is 5. The van der Waals surface area contributed by atoms with Gasteiger partial charge in [-0.15, -0.1) is 0 Å². The van der Waals surface area contributed by atoms with Crippen molar-refractivity contribution in [3.63, 3.8) is 0 Å². The van der Waals surface area contributed by atoms with Gasteiger partial charge in [0.25, 0.3) is 0 Å². The molecular formula is C29H38F2N6O. The van der Waals surface area contributed by atoms with Gasteiger partial charge in [-0.3, -0.25) is 9.88 Å². The van der Waals surface area contributed by atoms with E-state index >= 15 is 0 Å². The van der Waals surface area contributed by atoms with Crippen molar-refractivity contribution in [2.75, 3.05) is 36.4 Å². The second-order valence-corrected chi connectivity index (χ2v) is 11.6. The Bertz CT molecular complexity index is 1280. The second-order valence-electron chi connectivity index (χ2n) is 11.6. The number of rotatable bonds is 8. The van der Waals surface area contributed by atoms with E-state index in [9.17, 15) is 13.9 Å². The molecule has 0 amide bonds. The van der Waals surface area contributed by atoms with Crippen LogP contribution < -0.4 is 10.2 Å². The Labute approximate surface area is 223 Å². The van der Waals surface area contributed by atoms with Crippen molar-refractivity contribution in [3.05, 3.63) is 53.4 Å². The van der Waals surface area contributed by atoms with E-state index in [4.69, 9.17) is 15.0 Å². The normalized spacial score (nSPS) is 18.2. The average Bonchev–Trinajstić information content (AvgIpc) is 2.82. The summed E-state index contributed by atoms with van der Waals surface area (Å²) in [5, 5.41) is 14.4. The van der Waals surface area contributed by atoms with Crippen LogP contribution in [0.15, 0.2) is 30.5 Å². The van der Waals surface area contributed by atoms with Gasteiger partial charge in [0.1, 0.15) is 17.2 Å². The van der Waals surface area contributed by atoms with Gasteiger partial charge in [-0.1, -0.05) is 6.42 Å². The molecule has 1 atom stereocenters. The van der Waals surface area contributed by atoms with Gasteiger partial charge in [-0.25, -0.2) is 18.7 Å². The summed E-state index contributed by atoms with van der Waals surface area (Å²) >= 11 is 0. The van der Waals surface area contributed by atoms with Crippen LogP contribution >= 0.6 is 0 Å². The molecule has 3 aromatic rings. The van der Waals surface area contributed by atoms with Gasteiger partial charge in [0.05, 0.1) is 17.3 Å². The van der Waals surface area contributed by atoms with Gasteiger partial charge < -0.3 is 15.3 Å². The predicted octanol–water partition coefficient (Wildman–Crippen LogP) is 5.10. The third-order valence-electron chi connectivity index (χ3n) is 7.75. The largest absolute Gasteiger partial charge is 0.390 e. The van der Waals surface area contributed by atoms with E-state index in [2.05, 4.69) is 29.0 Å². The summed E-state index contributed by atoms with van der Waals surface area (Å²) in [6, 6.07) is 5.76. The molecule has 1 aliphatic carbocycles. The molecule has 1 unspecified atom stereocenters. The molecule has 1 saturated heterocycles. The predicted molar refractivity (Wildman–Crippen MR) is 146 cm³/mol. The Morgan fingerprint density at radius 2 is 1.79 bits per heavy atom. The molecule has 2 aliphatic rings. The number of pyridine rings is 1. The summed E-state index contributed by atoms with van der Waals surface area (Å²) in [5.74, 6) is 1.08. The molecule has 1 aliphatic heterocycles. The number of aromatic nitrogens is 3. The fourth-order valence-electron chi connectivity index (χ4n) is 5.70. The monoisotopic (exact) mass is 524 g/mol. The lowest BCUT2D eigenvalue weighted by Gasteiger charge is -2.40. The summed E-state index contributed by atoms with van der Waals surface area (Å²) in [7, 11) is 0. The van der Waals surface area contributed by atoms with Crippen LogP contribution in [-0.4, -0.2) is 62.8 Å². The van der Waals surface area contributed by atoms with Crippen molar-refractivity contribution in [3.8, 4) is 0 Å². The molecule has 9 heteroatoms. The van der Waals surface area contributed by atoms with Crippen molar-refractivity contribution < 1.29 is 13.9 Å². The Morgan fingerprint density at radius 1 is 1.05 bits per heavy atom. The van der Waals surface area contributed by atoms with E-state index in [0.29, 0.717) is 49.7 Å². The lowest BCUT2D eigenvalue weighted by Crippen LogP contribution is -2.46. The summed E-state index contributed by atoms with van der Waals surface area (Å²) < 4.78 is 27.8. The molecule has 2 fully saturated rings.